The summed E-state index contributed by atoms with van der Waals surface area (Å²) in [5, 5.41) is 2.65. The highest BCUT2D eigenvalue weighted by molar-refractivity contribution is 7.99. The molecule has 2 aromatic rings. The van der Waals surface area contributed by atoms with Crippen molar-refractivity contribution >= 4 is 22.7 Å². The van der Waals surface area contributed by atoms with Gasteiger partial charge in [-0.15, -0.1) is 11.8 Å². The number of fused-ring (bicyclic) bond motifs is 3. The first kappa shape index (κ1) is 8.38. The summed E-state index contributed by atoms with van der Waals surface area (Å²) in [7, 11) is 0. The maximum Gasteiger partial charge on any atom is 0.0766 e. The van der Waals surface area contributed by atoms with Crippen molar-refractivity contribution in [2.24, 2.45) is 5.73 Å². The van der Waals surface area contributed by atoms with Gasteiger partial charge < -0.3 is 10.7 Å². The van der Waals surface area contributed by atoms with Crippen molar-refractivity contribution in [3.8, 4) is 0 Å². The number of hydrogen-bond acceptors (Lipinski definition) is 2. The summed E-state index contributed by atoms with van der Waals surface area (Å²) in [5.74, 6) is 1.03. The van der Waals surface area contributed by atoms with Gasteiger partial charge in [0, 0.05) is 22.7 Å². The van der Waals surface area contributed by atoms with E-state index in [9.17, 15) is 0 Å². The summed E-state index contributed by atoms with van der Waals surface area (Å²) in [5.41, 5.74) is 8.61. The van der Waals surface area contributed by atoms with Crippen LogP contribution < -0.4 is 5.73 Å². The molecule has 0 amide bonds. The van der Waals surface area contributed by atoms with Crippen LogP contribution >= 0.6 is 11.8 Å². The van der Waals surface area contributed by atoms with Crippen LogP contribution in [-0.4, -0.2) is 16.8 Å². The molecule has 0 saturated heterocycles. The van der Waals surface area contributed by atoms with Gasteiger partial charge in [0.15, 0.2) is 0 Å². The molecule has 3 heteroatoms. The Morgan fingerprint density at radius 2 is 2.21 bits per heavy atom. The number of aromatic nitrogens is 1. The van der Waals surface area contributed by atoms with Gasteiger partial charge >= 0.3 is 0 Å². The van der Waals surface area contributed by atoms with Crippen LogP contribution in [0, 0.1) is 0 Å². The van der Waals surface area contributed by atoms with Crippen LogP contribution in [0.3, 0.4) is 0 Å². The lowest BCUT2D eigenvalue weighted by atomic mass is 10.1. The molecule has 1 aromatic carbocycles. The predicted molar refractivity (Wildman–Crippen MR) is 60.7 cm³/mol. The minimum absolute atomic E-state index is 0.312. The lowest BCUT2D eigenvalue weighted by Crippen LogP contribution is -2.28. The third-order valence-electron chi connectivity index (χ3n) is 2.68. The summed E-state index contributed by atoms with van der Waals surface area (Å²) < 4.78 is 0. The van der Waals surface area contributed by atoms with Gasteiger partial charge in [0.1, 0.15) is 0 Å². The Labute approximate surface area is 86.9 Å². The van der Waals surface area contributed by atoms with Gasteiger partial charge in [-0.2, -0.15) is 0 Å². The van der Waals surface area contributed by atoms with Gasteiger partial charge in [0.05, 0.1) is 5.03 Å². The molecule has 72 valence electrons. The Bertz CT molecular complexity index is 475. The second-order valence-corrected chi connectivity index (χ2v) is 4.78. The molecule has 1 aliphatic heterocycles. The van der Waals surface area contributed by atoms with Crippen molar-refractivity contribution in [3.05, 3.63) is 29.8 Å². The Morgan fingerprint density at radius 1 is 1.36 bits per heavy atom. The van der Waals surface area contributed by atoms with Crippen LogP contribution in [0.5, 0.6) is 0 Å². The Hall–Kier alpha value is -0.930. The molecule has 0 saturated carbocycles. The van der Waals surface area contributed by atoms with Gasteiger partial charge in [-0.25, -0.2) is 0 Å². The second-order valence-electron chi connectivity index (χ2n) is 3.75. The van der Waals surface area contributed by atoms with Crippen molar-refractivity contribution in [1.29, 1.82) is 0 Å². The van der Waals surface area contributed by atoms with E-state index in [1.807, 2.05) is 11.8 Å². The Balaban J connectivity index is 2.25. The topological polar surface area (TPSA) is 41.8 Å². The molecule has 1 aliphatic rings. The molecule has 3 rings (SSSR count). The van der Waals surface area contributed by atoms with E-state index in [2.05, 4.69) is 29.2 Å². The number of aromatic amines is 1. The SMILES string of the molecule is N[C@H]1CSc2[nH]c3ccccc3c2C1. The minimum atomic E-state index is 0.312. The first-order valence-electron chi connectivity index (χ1n) is 4.82. The molecule has 1 atom stereocenters. The molecule has 0 bridgehead atoms. The third kappa shape index (κ3) is 1.16. The molecule has 0 radical (unpaired) electrons. The molecule has 1 aromatic heterocycles. The van der Waals surface area contributed by atoms with E-state index >= 15 is 0 Å². The van der Waals surface area contributed by atoms with Crippen molar-refractivity contribution < 1.29 is 0 Å². The Morgan fingerprint density at radius 3 is 3.14 bits per heavy atom. The van der Waals surface area contributed by atoms with Crippen LogP contribution in [0.2, 0.25) is 0 Å². The fourth-order valence-corrected chi connectivity index (χ4v) is 3.06. The highest BCUT2D eigenvalue weighted by atomic mass is 32.2. The van der Waals surface area contributed by atoms with Gasteiger partial charge in [0.25, 0.3) is 0 Å². The zero-order chi connectivity index (χ0) is 9.54. The lowest BCUT2D eigenvalue weighted by molar-refractivity contribution is 0.727. The first-order chi connectivity index (χ1) is 6.84. The number of hydrogen-bond donors (Lipinski definition) is 2. The largest absolute Gasteiger partial charge is 0.349 e. The van der Waals surface area contributed by atoms with Crippen molar-refractivity contribution in [1.82, 2.24) is 4.98 Å². The van der Waals surface area contributed by atoms with Gasteiger partial charge in [-0.3, -0.25) is 0 Å². The van der Waals surface area contributed by atoms with E-state index in [1.54, 1.807) is 0 Å². The molecule has 14 heavy (non-hydrogen) atoms. The van der Waals surface area contributed by atoms with Crippen molar-refractivity contribution in [2.45, 2.75) is 17.5 Å². The van der Waals surface area contributed by atoms with Gasteiger partial charge in [0.2, 0.25) is 0 Å². The maximum atomic E-state index is 5.97. The molecule has 2 heterocycles. The quantitative estimate of drug-likeness (QED) is 0.690. The van der Waals surface area contributed by atoms with Crippen LogP contribution in [0.4, 0.5) is 0 Å². The van der Waals surface area contributed by atoms with E-state index in [-0.39, 0.29) is 0 Å². The number of nitrogens with one attached hydrogen (secondary N) is 1. The average Bonchev–Trinajstić information content (AvgIpc) is 2.56. The van der Waals surface area contributed by atoms with Crippen LogP contribution in [0.1, 0.15) is 5.56 Å². The van der Waals surface area contributed by atoms with E-state index < -0.39 is 0 Å². The molecule has 0 unspecified atom stereocenters. The molecule has 3 N–H and O–H groups in total. The van der Waals surface area contributed by atoms with Gasteiger partial charge in [-0.05, 0) is 18.1 Å². The van der Waals surface area contributed by atoms with E-state index in [0.29, 0.717) is 6.04 Å². The zero-order valence-electron chi connectivity index (χ0n) is 7.79. The fourth-order valence-electron chi connectivity index (χ4n) is 2.01. The monoisotopic (exact) mass is 204 g/mol. The molecular formula is C11H12N2S. The van der Waals surface area contributed by atoms with Crippen molar-refractivity contribution in [3.63, 3.8) is 0 Å². The molecule has 2 nitrogen and oxygen atoms in total. The smallest absolute Gasteiger partial charge is 0.0766 e. The summed E-state index contributed by atoms with van der Waals surface area (Å²) >= 11 is 1.84. The fraction of sp³-hybridized carbons (Fsp3) is 0.273. The number of rotatable bonds is 0. The standard InChI is InChI=1S/C11H12N2S/c12-7-5-9-8-3-1-2-4-10(8)13-11(9)14-6-7/h1-4,7,13H,5-6,12H2/t7-/m1/s1. The highest BCUT2D eigenvalue weighted by Gasteiger charge is 2.19. The molecular weight excluding hydrogens is 192 g/mol. The second kappa shape index (κ2) is 3.04. The summed E-state index contributed by atoms with van der Waals surface area (Å²) in [4.78, 5) is 3.44. The third-order valence-corrected chi connectivity index (χ3v) is 3.91. The number of H-pyrrole nitrogens is 1. The van der Waals surface area contributed by atoms with Crippen LogP contribution in [0.25, 0.3) is 10.9 Å². The lowest BCUT2D eigenvalue weighted by Gasteiger charge is -2.17. The number of thioether (sulfide) groups is 1. The maximum absolute atomic E-state index is 5.97. The predicted octanol–water partition coefficient (Wildman–Crippen LogP) is 2.14. The Kier molecular flexibility index (Phi) is 1.82. The molecule has 0 spiro atoms. The summed E-state index contributed by atoms with van der Waals surface area (Å²) in [6, 6.07) is 8.76. The van der Waals surface area contributed by atoms with E-state index in [1.165, 1.54) is 21.5 Å². The molecule has 0 aliphatic carbocycles. The highest BCUT2D eigenvalue weighted by Crippen LogP contribution is 2.34. The van der Waals surface area contributed by atoms with Crippen LogP contribution in [-0.2, 0) is 6.42 Å². The number of benzene rings is 1. The minimum Gasteiger partial charge on any atom is -0.349 e. The van der Waals surface area contributed by atoms with Gasteiger partial charge in [-0.1, -0.05) is 18.2 Å². The van der Waals surface area contributed by atoms with Crippen molar-refractivity contribution in [2.75, 3.05) is 5.75 Å². The average molecular weight is 204 g/mol. The first-order valence-corrected chi connectivity index (χ1v) is 5.81. The summed E-state index contributed by atoms with van der Waals surface area (Å²) in [6.07, 6.45) is 1.01. The number of para-hydroxylation sites is 1. The van der Waals surface area contributed by atoms with E-state index in [4.69, 9.17) is 5.73 Å². The molecule has 0 fully saturated rings. The zero-order valence-corrected chi connectivity index (χ0v) is 8.60. The van der Waals surface area contributed by atoms with Crippen LogP contribution in [0.15, 0.2) is 29.3 Å². The number of nitrogens with two attached hydrogens (primary N) is 1. The normalized spacial score (nSPS) is 21.1. The summed E-state index contributed by atoms with van der Waals surface area (Å²) in [6.45, 7) is 0. The van der Waals surface area contributed by atoms with E-state index in [0.717, 1.165) is 12.2 Å².